The molecule has 1 fully saturated rings. The number of carbonyl (C=O) groups is 1. The predicted octanol–water partition coefficient (Wildman–Crippen LogP) is 3.46. The fraction of sp³-hybridized carbons (Fsp3) is 0.381. The summed E-state index contributed by atoms with van der Waals surface area (Å²) in [6, 6.07) is 19.4. The Balaban J connectivity index is 1.62. The van der Waals surface area contributed by atoms with Gasteiger partial charge < -0.3 is 10.2 Å². The second-order valence-corrected chi connectivity index (χ2v) is 7.12. The number of amides is 1. The Kier molecular flexibility index (Phi) is 5.39. The predicted molar refractivity (Wildman–Crippen MR) is 103 cm³/mol. The summed E-state index contributed by atoms with van der Waals surface area (Å²) in [7, 11) is 3.56. The minimum Gasteiger partial charge on any atom is -0.381 e. The first-order chi connectivity index (χ1) is 12.0. The molecule has 25 heavy (non-hydrogen) atoms. The maximum absolute atomic E-state index is 12.1. The normalized spacial score (nSPS) is 20.4. The maximum atomic E-state index is 12.1. The van der Waals surface area contributed by atoms with Crippen molar-refractivity contribution in [2.45, 2.75) is 32.0 Å². The number of rotatable bonds is 5. The van der Waals surface area contributed by atoms with Crippen LogP contribution in [0.25, 0.3) is 0 Å². The van der Waals surface area contributed by atoms with Gasteiger partial charge in [0.05, 0.1) is 0 Å². The lowest BCUT2D eigenvalue weighted by molar-refractivity contribution is 0.0827. The number of carbonyl (C=O) groups excluding carboxylic acids is 1. The Labute approximate surface area is 150 Å². The lowest BCUT2D eigenvalue weighted by Gasteiger charge is -2.21. The molecule has 0 radical (unpaired) electrons. The van der Waals surface area contributed by atoms with Crippen molar-refractivity contribution in [1.29, 1.82) is 0 Å². The molecule has 2 unspecified atom stereocenters. The molecule has 0 saturated carbocycles. The quantitative estimate of drug-likeness (QED) is 0.907. The summed E-state index contributed by atoms with van der Waals surface area (Å²) >= 11 is 0. The fourth-order valence-electron chi connectivity index (χ4n) is 3.48. The van der Waals surface area contributed by atoms with Gasteiger partial charge in [-0.15, -0.1) is 0 Å². The topological polar surface area (TPSA) is 35.6 Å². The van der Waals surface area contributed by atoms with E-state index < -0.39 is 0 Å². The van der Waals surface area contributed by atoms with Gasteiger partial charge in [0.25, 0.3) is 5.91 Å². The summed E-state index contributed by atoms with van der Waals surface area (Å²) in [5.74, 6) is 0.0362. The van der Waals surface area contributed by atoms with Gasteiger partial charge in [0.15, 0.2) is 0 Å². The number of nitrogens with one attached hydrogen (secondary N) is 1. The highest BCUT2D eigenvalue weighted by atomic mass is 16.2. The Morgan fingerprint density at radius 1 is 1.16 bits per heavy atom. The number of likely N-dealkylation sites (tertiary alicyclic amines) is 1. The van der Waals surface area contributed by atoms with Crippen LogP contribution in [0.1, 0.15) is 29.3 Å². The molecule has 1 amide bonds. The number of hydrogen-bond donors (Lipinski definition) is 1. The number of nitrogens with zero attached hydrogens (tertiary/aromatic N) is 2. The van der Waals surface area contributed by atoms with Crippen molar-refractivity contribution in [2.75, 3.05) is 26.0 Å². The van der Waals surface area contributed by atoms with E-state index in [9.17, 15) is 4.79 Å². The Morgan fingerprint density at radius 3 is 2.64 bits per heavy atom. The molecule has 132 valence electrons. The van der Waals surface area contributed by atoms with E-state index in [4.69, 9.17) is 0 Å². The smallest absolute Gasteiger partial charge is 0.253 e. The van der Waals surface area contributed by atoms with Crippen LogP contribution in [0, 0.1) is 0 Å². The molecular weight excluding hydrogens is 310 g/mol. The molecule has 0 spiro atoms. The molecule has 4 heteroatoms. The Bertz CT molecular complexity index is 714. The first-order valence-electron chi connectivity index (χ1n) is 8.89. The molecular formula is C21H27N3O. The molecule has 0 aliphatic carbocycles. The molecule has 0 aromatic heterocycles. The number of anilines is 1. The highest BCUT2D eigenvalue weighted by Crippen LogP contribution is 2.23. The zero-order valence-corrected chi connectivity index (χ0v) is 15.3. The van der Waals surface area contributed by atoms with Crippen molar-refractivity contribution in [3.63, 3.8) is 0 Å². The Morgan fingerprint density at radius 2 is 1.92 bits per heavy atom. The molecule has 4 nitrogen and oxygen atoms in total. The summed E-state index contributed by atoms with van der Waals surface area (Å²) in [5.41, 5.74) is 3.10. The fourth-order valence-corrected chi connectivity index (χ4v) is 3.48. The van der Waals surface area contributed by atoms with E-state index in [0.717, 1.165) is 30.8 Å². The molecule has 1 saturated heterocycles. The van der Waals surface area contributed by atoms with Crippen LogP contribution < -0.4 is 5.32 Å². The van der Waals surface area contributed by atoms with Crippen molar-refractivity contribution < 1.29 is 4.79 Å². The first-order valence-corrected chi connectivity index (χ1v) is 8.89. The largest absolute Gasteiger partial charge is 0.381 e. The number of hydrogen-bond acceptors (Lipinski definition) is 3. The van der Waals surface area contributed by atoms with E-state index in [2.05, 4.69) is 47.5 Å². The molecule has 1 aliphatic rings. The van der Waals surface area contributed by atoms with Crippen LogP contribution in [0.3, 0.4) is 0 Å². The SMILES string of the molecule is CC1CC(Nc2cccc(C(=O)N(C)C)c2)CN1Cc1ccccc1. The second kappa shape index (κ2) is 7.70. The van der Waals surface area contributed by atoms with Crippen molar-refractivity contribution >= 4 is 11.6 Å². The van der Waals surface area contributed by atoms with Crippen molar-refractivity contribution in [3.8, 4) is 0 Å². The summed E-state index contributed by atoms with van der Waals surface area (Å²) < 4.78 is 0. The van der Waals surface area contributed by atoms with Crippen molar-refractivity contribution in [3.05, 3.63) is 65.7 Å². The zero-order chi connectivity index (χ0) is 17.8. The van der Waals surface area contributed by atoms with Crippen LogP contribution in [0.4, 0.5) is 5.69 Å². The molecule has 1 aliphatic heterocycles. The van der Waals surface area contributed by atoms with Crippen LogP contribution >= 0.6 is 0 Å². The lowest BCUT2D eigenvalue weighted by Crippen LogP contribution is -2.28. The highest BCUT2D eigenvalue weighted by Gasteiger charge is 2.28. The molecule has 2 aromatic carbocycles. The lowest BCUT2D eigenvalue weighted by atomic mass is 10.1. The summed E-state index contributed by atoms with van der Waals surface area (Å²) in [5, 5.41) is 3.61. The van der Waals surface area contributed by atoms with Crippen LogP contribution in [0.5, 0.6) is 0 Å². The van der Waals surface area contributed by atoms with Crippen molar-refractivity contribution in [1.82, 2.24) is 9.80 Å². The molecule has 2 aromatic rings. The Hall–Kier alpha value is -2.33. The van der Waals surface area contributed by atoms with E-state index in [0.29, 0.717) is 12.1 Å². The molecule has 1 N–H and O–H groups in total. The van der Waals surface area contributed by atoms with Crippen molar-refractivity contribution in [2.24, 2.45) is 0 Å². The average molecular weight is 337 g/mol. The molecule has 0 bridgehead atoms. The molecule has 3 rings (SSSR count). The molecule has 1 heterocycles. The third-order valence-electron chi connectivity index (χ3n) is 4.82. The van der Waals surface area contributed by atoms with Gasteiger partial charge in [-0.3, -0.25) is 9.69 Å². The summed E-state index contributed by atoms with van der Waals surface area (Å²) in [6.07, 6.45) is 1.11. The zero-order valence-electron chi connectivity index (χ0n) is 15.3. The minimum absolute atomic E-state index is 0.0362. The van der Waals surface area contributed by atoms with Gasteiger partial charge in [-0.2, -0.15) is 0 Å². The summed E-state index contributed by atoms with van der Waals surface area (Å²) in [4.78, 5) is 16.3. The summed E-state index contributed by atoms with van der Waals surface area (Å²) in [6.45, 7) is 4.29. The average Bonchev–Trinajstić information content (AvgIpc) is 2.94. The van der Waals surface area contributed by atoms with Gasteiger partial charge in [-0.25, -0.2) is 0 Å². The highest BCUT2D eigenvalue weighted by molar-refractivity contribution is 5.94. The maximum Gasteiger partial charge on any atom is 0.253 e. The van der Waals surface area contributed by atoms with E-state index in [1.165, 1.54) is 5.56 Å². The van der Waals surface area contributed by atoms with Gasteiger partial charge >= 0.3 is 0 Å². The van der Waals surface area contributed by atoms with Gasteiger partial charge in [-0.05, 0) is 37.1 Å². The number of benzene rings is 2. The minimum atomic E-state index is 0.0362. The van der Waals surface area contributed by atoms with Gasteiger partial charge in [-0.1, -0.05) is 36.4 Å². The monoisotopic (exact) mass is 337 g/mol. The van der Waals surface area contributed by atoms with E-state index in [-0.39, 0.29) is 5.91 Å². The van der Waals surface area contributed by atoms with Crippen LogP contribution in [0.2, 0.25) is 0 Å². The standard InChI is InChI=1S/C21H27N3O/c1-16-12-20(15-24(16)14-17-8-5-4-6-9-17)22-19-11-7-10-18(13-19)21(25)23(2)3/h4-11,13,16,20,22H,12,14-15H2,1-3H3. The van der Waals surface area contributed by atoms with Gasteiger partial charge in [0.2, 0.25) is 0 Å². The van der Waals surface area contributed by atoms with Crippen LogP contribution in [-0.4, -0.2) is 48.4 Å². The second-order valence-electron chi connectivity index (χ2n) is 7.12. The van der Waals surface area contributed by atoms with E-state index in [1.807, 2.05) is 24.3 Å². The van der Waals surface area contributed by atoms with Crippen LogP contribution in [0.15, 0.2) is 54.6 Å². The third kappa shape index (κ3) is 4.40. The van der Waals surface area contributed by atoms with E-state index in [1.54, 1.807) is 19.0 Å². The first kappa shape index (κ1) is 17.5. The third-order valence-corrected chi connectivity index (χ3v) is 4.82. The van der Waals surface area contributed by atoms with E-state index >= 15 is 0 Å². The molecule has 2 atom stereocenters. The van der Waals surface area contributed by atoms with Crippen LogP contribution in [-0.2, 0) is 6.54 Å². The van der Waals surface area contributed by atoms with Gasteiger partial charge in [0.1, 0.15) is 0 Å². The van der Waals surface area contributed by atoms with Gasteiger partial charge in [0, 0.05) is 50.5 Å².